The molecule has 2 aromatic carbocycles. The summed E-state index contributed by atoms with van der Waals surface area (Å²) in [5, 5.41) is 12.8. The number of benzene rings is 2. The molecule has 1 N–H and O–H groups in total. The Balaban J connectivity index is 1.69. The summed E-state index contributed by atoms with van der Waals surface area (Å²) in [5.74, 6) is -3.77. The summed E-state index contributed by atoms with van der Waals surface area (Å²) in [6.07, 6.45) is 4.40. The fourth-order valence-corrected chi connectivity index (χ4v) is 7.26. The van der Waals surface area contributed by atoms with Crippen LogP contribution in [0.15, 0.2) is 53.6 Å². The van der Waals surface area contributed by atoms with Crippen molar-refractivity contribution >= 4 is 32.7 Å². The molecular weight excluding hydrogens is 593 g/mol. The molecular formula is C32H31F3N4O4S. The molecule has 1 unspecified atom stereocenters. The van der Waals surface area contributed by atoms with E-state index in [0.29, 0.717) is 10.0 Å². The van der Waals surface area contributed by atoms with Gasteiger partial charge in [0.05, 0.1) is 29.2 Å². The second-order valence-corrected chi connectivity index (χ2v) is 13.1. The minimum absolute atomic E-state index is 0.0642. The molecule has 4 aromatic rings. The van der Waals surface area contributed by atoms with Gasteiger partial charge in [0.1, 0.15) is 17.4 Å². The molecule has 12 heteroatoms. The molecule has 0 saturated heterocycles. The Bertz CT molecular complexity index is 1890. The van der Waals surface area contributed by atoms with E-state index in [1.807, 2.05) is 13.0 Å². The zero-order chi connectivity index (χ0) is 31.8. The number of ether oxygens (including phenoxy) is 1. The summed E-state index contributed by atoms with van der Waals surface area (Å²) >= 11 is 0. The average Bonchev–Trinajstić information content (AvgIpc) is 3.59. The van der Waals surface area contributed by atoms with E-state index in [0.717, 1.165) is 49.6 Å². The number of carbonyl (C=O) groups excluding carboxylic acids is 1. The molecule has 230 valence electrons. The van der Waals surface area contributed by atoms with E-state index in [1.54, 1.807) is 26.0 Å². The van der Waals surface area contributed by atoms with Gasteiger partial charge in [0.15, 0.2) is 17.5 Å². The molecule has 1 atom stereocenters. The first-order valence-electron chi connectivity index (χ1n) is 14.2. The van der Waals surface area contributed by atoms with Crippen LogP contribution in [0.2, 0.25) is 0 Å². The van der Waals surface area contributed by atoms with Gasteiger partial charge < -0.3 is 10.1 Å². The van der Waals surface area contributed by atoms with Crippen LogP contribution in [-0.4, -0.2) is 36.0 Å². The van der Waals surface area contributed by atoms with Crippen LogP contribution in [0.25, 0.3) is 22.2 Å². The van der Waals surface area contributed by atoms with Gasteiger partial charge in [-0.2, -0.15) is 5.26 Å². The molecule has 1 aliphatic carbocycles. The molecule has 1 saturated carbocycles. The highest BCUT2D eigenvalue weighted by atomic mass is 32.2. The largest absolute Gasteiger partial charge is 0.466 e. The maximum absolute atomic E-state index is 15.5. The minimum Gasteiger partial charge on any atom is -0.466 e. The monoisotopic (exact) mass is 624 g/mol. The van der Waals surface area contributed by atoms with Crippen LogP contribution in [0.1, 0.15) is 57.1 Å². The van der Waals surface area contributed by atoms with Gasteiger partial charge >= 0.3 is 5.97 Å². The molecule has 0 amide bonds. The lowest BCUT2D eigenvalue weighted by atomic mass is 9.79. The first-order valence-corrected chi connectivity index (χ1v) is 15.7. The minimum atomic E-state index is -4.40. The van der Waals surface area contributed by atoms with Crippen molar-refractivity contribution in [3.05, 3.63) is 77.2 Å². The van der Waals surface area contributed by atoms with E-state index >= 15 is 8.78 Å². The van der Waals surface area contributed by atoms with Crippen LogP contribution < -0.4 is 5.32 Å². The SMILES string of the molecule is CCOC(=O)CC(Nc1nc(-c2cn(S(=O)(=O)c3ccc(C)cc3)c3c(F)cc(F)cc23)c(C#N)cc1F)C1(C)CCCC1. The zero-order valence-electron chi connectivity index (χ0n) is 24.5. The van der Waals surface area contributed by atoms with Gasteiger partial charge in [-0.25, -0.2) is 30.5 Å². The number of aryl methyl sites for hydroxylation is 1. The van der Waals surface area contributed by atoms with E-state index in [4.69, 9.17) is 4.74 Å². The van der Waals surface area contributed by atoms with Crippen molar-refractivity contribution in [3.63, 3.8) is 0 Å². The summed E-state index contributed by atoms with van der Waals surface area (Å²) in [7, 11) is -4.40. The van der Waals surface area contributed by atoms with Gasteiger partial charge in [-0.3, -0.25) is 4.79 Å². The van der Waals surface area contributed by atoms with Gasteiger partial charge in [-0.15, -0.1) is 0 Å². The predicted octanol–water partition coefficient (Wildman–Crippen LogP) is 6.85. The van der Waals surface area contributed by atoms with E-state index < -0.39 is 45.0 Å². The Kier molecular flexibility index (Phi) is 8.44. The third-order valence-electron chi connectivity index (χ3n) is 8.29. The van der Waals surface area contributed by atoms with Gasteiger partial charge in [0, 0.05) is 29.3 Å². The Morgan fingerprint density at radius 3 is 2.45 bits per heavy atom. The van der Waals surface area contributed by atoms with Crippen molar-refractivity contribution in [1.82, 2.24) is 8.96 Å². The van der Waals surface area contributed by atoms with E-state index in [-0.39, 0.29) is 51.4 Å². The van der Waals surface area contributed by atoms with E-state index in [9.17, 15) is 22.9 Å². The fourth-order valence-electron chi connectivity index (χ4n) is 5.88. The third-order valence-corrected chi connectivity index (χ3v) is 9.96. The predicted molar refractivity (Wildman–Crippen MR) is 159 cm³/mol. The van der Waals surface area contributed by atoms with Gasteiger partial charge in [0.2, 0.25) is 0 Å². The lowest BCUT2D eigenvalue weighted by molar-refractivity contribution is -0.144. The highest BCUT2D eigenvalue weighted by Crippen LogP contribution is 2.43. The lowest BCUT2D eigenvalue weighted by Crippen LogP contribution is -2.39. The second kappa shape index (κ2) is 12.0. The smallest absolute Gasteiger partial charge is 0.307 e. The molecule has 1 fully saturated rings. The Hall–Kier alpha value is -4.37. The highest BCUT2D eigenvalue weighted by molar-refractivity contribution is 7.90. The number of nitriles is 1. The number of pyridine rings is 1. The van der Waals surface area contributed by atoms with Crippen molar-refractivity contribution in [2.75, 3.05) is 11.9 Å². The first-order chi connectivity index (χ1) is 20.9. The van der Waals surface area contributed by atoms with E-state index in [2.05, 4.69) is 10.3 Å². The van der Waals surface area contributed by atoms with Crippen LogP contribution in [0.4, 0.5) is 19.0 Å². The van der Waals surface area contributed by atoms with Gasteiger partial charge in [0.25, 0.3) is 10.0 Å². The van der Waals surface area contributed by atoms with Crippen molar-refractivity contribution in [3.8, 4) is 17.3 Å². The van der Waals surface area contributed by atoms with E-state index in [1.165, 1.54) is 12.1 Å². The maximum Gasteiger partial charge on any atom is 0.307 e. The Morgan fingerprint density at radius 2 is 1.82 bits per heavy atom. The number of nitrogens with one attached hydrogen (secondary N) is 1. The zero-order valence-corrected chi connectivity index (χ0v) is 25.3. The normalized spacial score (nSPS) is 15.2. The molecule has 0 bridgehead atoms. The standard InChI is InChI=1S/C32H31F3N4O4S/c1-4-43-28(40)16-27(32(3)11-5-6-12-32)37-31-26(35)13-20(17-36)29(38-31)24-18-39(30-23(24)14-21(33)15-25(30)34)44(41,42)22-9-7-19(2)8-10-22/h7-10,13-15,18,27H,4-6,11-12,16H2,1-3H3,(H,37,38). The van der Waals surface area contributed by atoms with Crippen LogP contribution in [0.3, 0.4) is 0 Å². The summed E-state index contributed by atoms with van der Waals surface area (Å²) < 4.78 is 78.6. The van der Waals surface area contributed by atoms with Crippen LogP contribution in [-0.2, 0) is 19.6 Å². The topological polar surface area (TPSA) is 114 Å². The number of anilines is 1. The summed E-state index contributed by atoms with van der Waals surface area (Å²) in [5.41, 5.74) is -0.599. The summed E-state index contributed by atoms with van der Waals surface area (Å²) in [4.78, 5) is 16.8. The molecule has 5 rings (SSSR count). The van der Waals surface area contributed by atoms with Crippen molar-refractivity contribution in [1.29, 1.82) is 5.26 Å². The van der Waals surface area contributed by atoms with Gasteiger partial charge in [-0.1, -0.05) is 37.5 Å². The van der Waals surface area contributed by atoms with Crippen molar-refractivity contribution < 1.29 is 31.1 Å². The number of hydrogen-bond acceptors (Lipinski definition) is 7. The van der Waals surface area contributed by atoms with Crippen LogP contribution in [0, 0.1) is 41.1 Å². The van der Waals surface area contributed by atoms with Crippen molar-refractivity contribution in [2.24, 2.45) is 5.41 Å². The summed E-state index contributed by atoms with van der Waals surface area (Å²) in [6.45, 7) is 5.64. The number of halogens is 3. The molecule has 8 nitrogen and oxygen atoms in total. The number of esters is 1. The maximum atomic E-state index is 15.5. The first kappa shape index (κ1) is 31.1. The Labute approximate surface area is 253 Å². The highest BCUT2D eigenvalue weighted by Gasteiger charge is 2.39. The molecule has 0 radical (unpaired) electrons. The number of fused-ring (bicyclic) bond motifs is 1. The molecule has 44 heavy (non-hydrogen) atoms. The molecule has 0 aliphatic heterocycles. The summed E-state index contributed by atoms with van der Waals surface area (Å²) in [6, 6.07) is 9.60. The van der Waals surface area contributed by atoms with Crippen LogP contribution >= 0.6 is 0 Å². The van der Waals surface area contributed by atoms with Gasteiger partial charge in [-0.05, 0) is 56.4 Å². The average molecular weight is 625 g/mol. The number of carbonyl (C=O) groups is 1. The molecule has 1 aliphatic rings. The van der Waals surface area contributed by atoms with Crippen molar-refractivity contribution in [2.45, 2.75) is 63.8 Å². The molecule has 0 spiro atoms. The third kappa shape index (κ3) is 5.76. The number of hydrogen-bond donors (Lipinski definition) is 1. The quantitative estimate of drug-likeness (QED) is 0.203. The second-order valence-electron chi connectivity index (χ2n) is 11.3. The Morgan fingerprint density at radius 1 is 1.14 bits per heavy atom. The molecule has 2 heterocycles. The lowest BCUT2D eigenvalue weighted by Gasteiger charge is -2.34. The number of nitrogens with zero attached hydrogens (tertiary/aromatic N) is 3. The number of rotatable bonds is 9. The fraction of sp³-hybridized carbons (Fsp3) is 0.344. The van der Waals surface area contributed by atoms with Crippen LogP contribution in [0.5, 0.6) is 0 Å². The molecule has 2 aromatic heterocycles. The number of aromatic nitrogens is 2.